The molecule has 1 aromatic rings. The molecule has 0 aliphatic heterocycles. The number of carbonyl (C=O) groups excluding carboxylic acids is 2. The molecule has 0 aromatic carbocycles. The fourth-order valence-electron chi connectivity index (χ4n) is 1.86. The third-order valence-corrected chi connectivity index (χ3v) is 3.11. The van der Waals surface area contributed by atoms with Gasteiger partial charge in [0.1, 0.15) is 5.69 Å². The lowest BCUT2D eigenvalue weighted by atomic mass is 10.2. The van der Waals surface area contributed by atoms with Crippen LogP contribution >= 0.6 is 0 Å². The van der Waals surface area contributed by atoms with Crippen LogP contribution in [0.4, 0.5) is 0 Å². The molecule has 0 saturated heterocycles. The molecule has 0 unspecified atom stereocenters. The number of nitrogens with zero attached hydrogens (tertiary/aromatic N) is 2. The number of hydrogen-bond acceptors (Lipinski definition) is 3. The zero-order valence-corrected chi connectivity index (χ0v) is 12.3. The van der Waals surface area contributed by atoms with Crippen LogP contribution in [0, 0.1) is 0 Å². The molecule has 0 bridgehead atoms. The van der Waals surface area contributed by atoms with E-state index in [0.29, 0.717) is 5.56 Å². The molecule has 5 heteroatoms. The van der Waals surface area contributed by atoms with E-state index in [1.165, 1.54) is 12.3 Å². The van der Waals surface area contributed by atoms with E-state index >= 15 is 0 Å². The minimum Gasteiger partial charge on any atom is -0.364 e. The zero-order chi connectivity index (χ0) is 15.0. The molecule has 5 nitrogen and oxygen atoms in total. The summed E-state index contributed by atoms with van der Waals surface area (Å²) in [7, 11) is 0. The van der Waals surface area contributed by atoms with Crippen molar-refractivity contribution in [2.45, 2.75) is 39.5 Å². The Kier molecular flexibility index (Phi) is 6.70. The molecule has 0 atom stereocenters. The van der Waals surface area contributed by atoms with E-state index in [1.54, 1.807) is 6.07 Å². The first kappa shape index (κ1) is 16.1. The van der Waals surface area contributed by atoms with Crippen LogP contribution < -0.4 is 5.73 Å². The van der Waals surface area contributed by atoms with Gasteiger partial charge in [0, 0.05) is 19.3 Å². The molecule has 2 N–H and O–H groups in total. The van der Waals surface area contributed by atoms with E-state index in [0.717, 1.165) is 38.8 Å². The Hall–Kier alpha value is -1.91. The SMILES string of the molecule is CCCCN(CCCC)C(=O)c1ccc(C(N)=O)nc1. The van der Waals surface area contributed by atoms with Crippen LogP contribution in [-0.4, -0.2) is 34.8 Å². The summed E-state index contributed by atoms with van der Waals surface area (Å²) < 4.78 is 0. The van der Waals surface area contributed by atoms with Gasteiger partial charge < -0.3 is 10.6 Å². The average Bonchev–Trinajstić information content (AvgIpc) is 2.47. The summed E-state index contributed by atoms with van der Waals surface area (Å²) in [5.74, 6) is -0.617. The lowest BCUT2D eigenvalue weighted by Gasteiger charge is -2.22. The molecule has 0 aliphatic carbocycles. The molecule has 2 amide bonds. The number of nitrogens with two attached hydrogens (primary N) is 1. The number of amides is 2. The quantitative estimate of drug-likeness (QED) is 0.791. The highest BCUT2D eigenvalue weighted by Crippen LogP contribution is 2.08. The molecular formula is C15H23N3O2. The molecule has 0 fully saturated rings. The van der Waals surface area contributed by atoms with Gasteiger partial charge in [-0.1, -0.05) is 26.7 Å². The van der Waals surface area contributed by atoms with Crippen LogP contribution in [-0.2, 0) is 0 Å². The van der Waals surface area contributed by atoms with Crippen molar-refractivity contribution >= 4 is 11.8 Å². The highest BCUT2D eigenvalue weighted by atomic mass is 16.2. The first-order valence-electron chi connectivity index (χ1n) is 7.15. The maximum absolute atomic E-state index is 12.4. The van der Waals surface area contributed by atoms with Crippen molar-refractivity contribution in [1.29, 1.82) is 0 Å². The van der Waals surface area contributed by atoms with Gasteiger partial charge in [0.15, 0.2) is 0 Å². The second-order valence-corrected chi connectivity index (χ2v) is 4.80. The second kappa shape index (κ2) is 8.30. The highest BCUT2D eigenvalue weighted by molar-refractivity contribution is 5.95. The van der Waals surface area contributed by atoms with Gasteiger partial charge in [-0.3, -0.25) is 14.6 Å². The zero-order valence-electron chi connectivity index (χ0n) is 12.3. The van der Waals surface area contributed by atoms with Gasteiger partial charge in [0.05, 0.1) is 5.56 Å². The number of primary amides is 1. The molecule has 0 aliphatic rings. The average molecular weight is 277 g/mol. The van der Waals surface area contributed by atoms with E-state index in [1.807, 2.05) is 4.90 Å². The standard InChI is InChI=1S/C15H23N3O2/c1-3-5-9-18(10-6-4-2)15(20)12-7-8-13(14(16)19)17-11-12/h7-8,11H,3-6,9-10H2,1-2H3,(H2,16,19). The molecule has 20 heavy (non-hydrogen) atoms. The molecule has 0 saturated carbocycles. The first-order chi connectivity index (χ1) is 9.60. The fraction of sp³-hybridized carbons (Fsp3) is 0.533. The number of rotatable bonds is 8. The monoisotopic (exact) mass is 277 g/mol. The maximum atomic E-state index is 12.4. The number of hydrogen-bond donors (Lipinski definition) is 1. The molecule has 1 heterocycles. The van der Waals surface area contributed by atoms with Crippen LogP contribution in [0.1, 0.15) is 60.4 Å². The Morgan fingerprint density at radius 2 is 1.75 bits per heavy atom. The van der Waals surface area contributed by atoms with Gasteiger partial charge in [-0.15, -0.1) is 0 Å². The largest absolute Gasteiger partial charge is 0.364 e. The van der Waals surface area contributed by atoms with E-state index in [4.69, 9.17) is 5.73 Å². The van der Waals surface area contributed by atoms with Crippen LogP contribution in [0.5, 0.6) is 0 Å². The van der Waals surface area contributed by atoms with E-state index in [-0.39, 0.29) is 11.6 Å². The second-order valence-electron chi connectivity index (χ2n) is 4.80. The molecule has 1 aromatic heterocycles. The molecular weight excluding hydrogens is 254 g/mol. The number of unbranched alkanes of at least 4 members (excludes halogenated alkanes) is 2. The van der Waals surface area contributed by atoms with Gasteiger partial charge in [0.2, 0.25) is 0 Å². The van der Waals surface area contributed by atoms with E-state index < -0.39 is 5.91 Å². The highest BCUT2D eigenvalue weighted by Gasteiger charge is 2.15. The van der Waals surface area contributed by atoms with Gasteiger partial charge >= 0.3 is 0 Å². The Bertz CT molecular complexity index is 435. The van der Waals surface area contributed by atoms with Crippen molar-refractivity contribution in [3.05, 3.63) is 29.6 Å². The normalized spacial score (nSPS) is 10.3. The summed E-state index contributed by atoms with van der Waals surface area (Å²) in [6, 6.07) is 3.10. The van der Waals surface area contributed by atoms with Crippen LogP contribution in [0.25, 0.3) is 0 Å². The van der Waals surface area contributed by atoms with Crippen molar-refractivity contribution in [2.75, 3.05) is 13.1 Å². The third-order valence-electron chi connectivity index (χ3n) is 3.11. The predicted molar refractivity (Wildman–Crippen MR) is 78.5 cm³/mol. The van der Waals surface area contributed by atoms with Gasteiger partial charge in [-0.2, -0.15) is 0 Å². The summed E-state index contributed by atoms with van der Waals surface area (Å²) in [6.07, 6.45) is 5.50. The minimum atomic E-state index is -0.585. The smallest absolute Gasteiger partial charge is 0.267 e. The Morgan fingerprint density at radius 1 is 1.15 bits per heavy atom. The van der Waals surface area contributed by atoms with Crippen molar-refractivity contribution in [3.63, 3.8) is 0 Å². The Labute approximate surface area is 120 Å². The van der Waals surface area contributed by atoms with E-state index in [2.05, 4.69) is 18.8 Å². The number of carbonyl (C=O) groups is 2. The molecule has 1 rings (SSSR count). The van der Waals surface area contributed by atoms with Crippen LogP contribution in [0.2, 0.25) is 0 Å². The predicted octanol–water partition coefficient (Wildman–Crippen LogP) is 2.22. The molecule has 0 spiro atoms. The van der Waals surface area contributed by atoms with Crippen LogP contribution in [0.15, 0.2) is 18.3 Å². The summed E-state index contributed by atoms with van der Waals surface area (Å²) in [4.78, 5) is 29.1. The Balaban J connectivity index is 2.78. The van der Waals surface area contributed by atoms with Crippen LogP contribution in [0.3, 0.4) is 0 Å². The minimum absolute atomic E-state index is 0.0320. The van der Waals surface area contributed by atoms with Crippen molar-refractivity contribution in [2.24, 2.45) is 5.73 Å². The topological polar surface area (TPSA) is 76.3 Å². The Morgan fingerprint density at radius 3 is 2.15 bits per heavy atom. The molecule has 110 valence electrons. The van der Waals surface area contributed by atoms with E-state index in [9.17, 15) is 9.59 Å². The summed E-state index contributed by atoms with van der Waals surface area (Å²) >= 11 is 0. The third kappa shape index (κ3) is 4.64. The fourth-order valence-corrected chi connectivity index (χ4v) is 1.86. The summed E-state index contributed by atoms with van der Waals surface area (Å²) in [5.41, 5.74) is 5.81. The lowest BCUT2D eigenvalue weighted by Crippen LogP contribution is -2.33. The summed E-state index contributed by atoms with van der Waals surface area (Å²) in [6.45, 7) is 5.72. The van der Waals surface area contributed by atoms with Crippen molar-refractivity contribution in [1.82, 2.24) is 9.88 Å². The van der Waals surface area contributed by atoms with Gasteiger partial charge in [-0.05, 0) is 25.0 Å². The van der Waals surface area contributed by atoms with Crippen molar-refractivity contribution in [3.8, 4) is 0 Å². The number of pyridine rings is 1. The summed E-state index contributed by atoms with van der Waals surface area (Å²) in [5, 5.41) is 0. The first-order valence-corrected chi connectivity index (χ1v) is 7.15. The van der Waals surface area contributed by atoms with Gasteiger partial charge in [-0.25, -0.2) is 0 Å². The number of aromatic nitrogens is 1. The van der Waals surface area contributed by atoms with Crippen molar-refractivity contribution < 1.29 is 9.59 Å². The molecule has 0 radical (unpaired) electrons. The maximum Gasteiger partial charge on any atom is 0.267 e. The lowest BCUT2D eigenvalue weighted by molar-refractivity contribution is 0.0750. The van der Waals surface area contributed by atoms with Gasteiger partial charge in [0.25, 0.3) is 11.8 Å².